The monoisotopic (exact) mass is 512 g/mol. The Morgan fingerprint density at radius 1 is 0.457 bits per heavy atom. The molecule has 0 aliphatic carbocycles. The van der Waals surface area contributed by atoms with Gasteiger partial charge in [0.25, 0.3) is 0 Å². The summed E-state index contributed by atoms with van der Waals surface area (Å²) in [6, 6.07) is 0. The molecule has 0 aromatic rings. The van der Waals surface area contributed by atoms with E-state index < -0.39 is 0 Å². The molecule has 0 spiro atoms. The number of hydrogen-bond donors (Lipinski definition) is 0. The average Bonchev–Trinajstić information content (AvgIpc) is 2.86. The van der Waals surface area contributed by atoms with Gasteiger partial charge in [0.05, 0.1) is 13.0 Å². The van der Waals surface area contributed by atoms with Crippen LogP contribution in [0.1, 0.15) is 181 Å². The molecule has 0 atom stereocenters. The molecule has 0 unspecified atom stereocenters. The second-order valence-corrected chi connectivity index (χ2v) is 11.9. The molecule has 0 radical (unpaired) electrons. The highest BCUT2D eigenvalue weighted by atomic mass is 32.2. The number of rotatable bonds is 30. The molecule has 0 aromatic carbocycles. The largest absolute Gasteiger partial charge is 0.466 e. The Balaban J connectivity index is 3.13. The van der Waals surface area contributed by atoms with Gasteiger partial charge in [-0.25, -0.2) is 0 Å². The molecule has 0 fully saturated rings. The number of esters is 1. The average molecular weight is 513 g/mol. The SMILES string of the molecule is CCCCCCCCCCCCCCCCCSCCC(=O)OCCCCCCCCCCCC. The van der Waals surface area contributed by atoms with Crippen LogP contribution < -0.4 is 0 Å². The van der Waals surface area contributed by atoms with E-state index in [1.54, 1.807) is 0 Å². The van der Waals surface area contributed by atoms with Crippen molar-refractivity contribution in [2.45, 2.75) is 181 Å². The molecule has 0 saturated carbocycles. The maximum Gasteiger partial charge on any atom is 0.306 e. The Kier molecular flexibility index (Phi) is 31.7. The quantitative estimate of drug-likeness (QED) is 0.0707. The van der Waals surface area contributed by atoms with E-state index in [1.807, 2.05) is 11.8 Å². The van der Waals surface area contributed by atoms with Crippen LogP contribution in [0, 0.1) is 0 Å². The Morgan fingerprint density at radius 3 is 1.20 bits per heavy atom. The highest BCUT2D eigenvalue weighted by Gasteiger charge is 2.03. The predicted molar refractivity (Wildman–Crippen MR) is 160 cm³/mol. The summed E-state index contributed by atoms with van der Waals surface area (Å²) in [6.07, 6.45) is 35.0. The van der Waals surface area contributed by atoms with E-state index in [-0.39, 0.29) is 5.97 Å². The summed E-state index contributed by atoms with van der Waals surface area (Å²) >= 11 is 1.93. The molecule has 0 aliphatic heterocycles. The Morgan fingerprint density at radius 2 is 0.800 bits per heavy atom. The third-order valence-corrected chi connectivity index (χ3v) is 8.17. The van der Waals surface area contributed by atoms with Crippen molar-refractivity contribution in [3.8, 4) is 0 Å². The van der Waals surface area contributed by atoms with Crippen molar-refractivity contribution in [3.05, 3.63) is 0 Å². The van der Waals surface area contributed by atoms with Crippen molar-refractivity contribution in [1.82, 2.24) is 0 Å². The lowest BCUT2D eigenvalue weighted by Crippen LogP contribution is -2.07. The normalized spacial score (nSPS) is 11.3. The smallest absolute Gasteiger partial charge is 0.306 e. The first-order valence-corrected chi connectivity index (χ1v) is 17.2. The lowest BCUT2D eigenvalue weighted by atomic mass is 10.0. The molecule has 0 bridgehead atoms. The zero-order valence-corrected chi connectivity index (χ0v) is 25.0. The van der Waals surface area contributed by atoms with Crippen molar-refractivity contribution < 1.29 is 9.53 Å². The van der Waals surface area contributed by atoms with Crippen molar-refractivity contribution in [3.63, 3.8) is 0 Å². The van der Waals surface area contributed by atoms with Crippen molar-refractivity contribution in [2.24, 2.45) is 0 Å². The maximum atomic E-state index is 11.8. The van der Waals surface area contributed by atoms with E-state index in [0.29, 0.717) is 13.0 Å². The van der Waals surface area contributed by atoms with Gasteiger partial charge in [-0.1, -0.05) is 162 Å². The van der Waals surface area contributed by atoms with E-state index in [0.717, 1.165) is 12.2 Å². The minimum absolute atomic E-state index is 0.00455. The molecular formula is C32H64O2S. The van der Waals surface area contributed by atoms with Gasteiger partial charge in [0.2, 0.25) is 0 Å². The second-order valence-electron chi connectivity index (χ2n) is 10.7. The number of unbranched alkanes of at least 4 members (excludes halogenated alkanes) is 23. The van der Waals surface area contributed by atoms with E-state index in [1.165, 1.54) is 160 Å². The molecule has 0 N–H and O–H groups in total. The minimum Gasteiger partial charge on any atom is -0.466 e. The maximum absolute atomic E-state index is 11.8. The fraction of sp³-hybridized carbons (Fsp3) is 0.969. The third-order valence-electron chi connectivity index (χ3n) is 7.10. The fourth-order valence-corrected chi connectivity index (χ4v) is 5.60. The molecule has 0 heterocycles. The van der Waals surface area contributed by atoms with Gasteiger partial charge >= 0.3 is 5.97 Å². The molecular weight excluding hydrogens is 448 g/mol. The summed E-state index contributed by atoms with van der Waals surface area (Å²) in [5.41, 5.74) is 0. The van der Waals surface area contributed by atoms with E-state index in [2.05, 4.69) is 13.8 Å². The first kappa shape index (κ1) is 34.8. The van der Waals surface area contributed by atoms with Gasteiger partial charge in [0.1, 0.15) is 0 Å². The minimum atomic E-state index is 0.00455. The third kappa shape index (κ3) is 31.8. The summed E-state index contributed by atoms with van der Waals surface area (Å²) < 4.78 is 5.39. The summed E-state index contributed by atoms with van der Waals surface area (Å²) in [7, 11) is 0. The van der Waals surface area contributed by atoms with Crippen molar-refractivity contribution in [1.29, 1.82) is 0 Å². The molecule has 2 nitrogen and oxygen atoms in total. The van der Waals surface area contributed by atoms with E-state index >= 15 is 0 Å². The van der Waals surface area contributed by atoms with E-state index in [4.69, 9.17) is 4.74 Å². The molecule has 210 valence electrons. The van der Waals surface area contributed by atoms with Gasteiger partial charge in [0.15, 0.2) is 0 Å². The second kappa shape index (κ2) is 31.8. The van der Waals surface area contributed by atoms with Crippen LogP contribution in [0.25, 0.3) is 0 Å². The lowest BCUT2D eigenvalue weighted by Gasteiger charge is -2.06. The van der Waals surface area contributed by atoms with Crippen LogP contribution in [0.4, 0.5) is 0 Å². The number of carbonyl (C=O) groups excluding carboxylic acids is 1. The van der Waals surface area contributed by atoms with Crippen LogP contribution in [0.2, 0.25) is 0 Å². The van der Waals surface area contributed by atoms with Crippen LogP contribution >= 0.6 is 11.8 Å². The Labute approximate surface area is 225 Å². The van der Waals surface area contributed by atoms with Crippen LogP contribution in [-0.2, 0) is 9.53 Å². The highest BCUT2D eigenvalue weighted by Crippen LogP contribution is 2.15. The Bertz CT molecular complexity index is 399. The molecule has 35 heavy (non-hydrogen) atoms. The summed E-state index contributed by atoms with van der Waals surface area (Å²) in [5.74, 6) is 2.13. The number of carbonyl (C=O) groups is 1. The number of ether oxygens (including phenoxy) is 1. The fourth-order valence-electron chi connectivity index (χ4n) is 4.68. The van der Waals surface area contributed by atoms with Gasteiger partial charge < -0.3 is 4.74 Å². The first-order valence-electron chi connectivity index (χ1n) is 16.0. The van der Waals surface area contributed by atoms with Gasteiger partial charge in [-0.2, -0.15) is 11.8 Å². The van der Waals surface area contributed by atoms with E-state index in [9.17, 15) is 4.79 Å². The molecule has 3 heteroatoms. The van der Waals surface area contributed by atoms with Crippen molar-refractivity contribution in [2.75, 3.05) is 18.1 Å². The summed E-state index contributed by atoms with van der Waals surface area (Å²) in [6.45, 7) is 5.19. The first-order chi connectivity index (χ1) is 17.3. The van der Waals surface area contributed by atoms with Crippen molar-refractivity contribution >= 4 is 17.7 Å². The van der Waals surface area contributed by atoms with Crippen LogP contribution in [0.5, 0.6) is 0 Å². The van der Waals surface area contributed by atoms with Gasteiger partial charge in [0, 0.05) is 5.75 Å². The number of thioether (sulfide) groups is 1. The lowest BCUT2D eigenvalue weighted by molar-refractivity contribution is -0.143. The van der Waals surface area contributed by atoms with Crippen LogP contribution in [-0.4, -0.2) is 24.1 Å². The van der Waals surface area contributed by atoms with Gasteiger partial charge in [-0.05, 0) is 18.6 Å². The predicted octanol–water partition coefficient (Wildman–Crippen LogP) is 11.4. The molecule has 0 aliphatic rings. The van der Waals surface area contributed by atoms with Gasteiger partial charge in [-0.15, -0.1) is 0 Å². The Hall–Kier alpha value is -0.180. The molecule has 0 aromatic heterocycles. The number of hydrogen-bond acceptors (Lipinski definition) is 3. The standard InChI is InChI=1S/C32H64O2S/c1-3-5-7-9-11-13-15-16-17-18-19-21-23-25-27-30-35-31-28-32(33)34-29-26-24-22-20-14-12-10-8-6-4-2/h3-31H2,1-2H3. The summed E-state index contributed by atoms with van der Waals surface area (Å²) in [4.78, 5) is 11.8. The zero-order valence-electron chi connectivity index (χ0n) is 24.2. The van der Waals surface area contributed by atoms with Gasteiger partial charge in [-0.3, -0.25) is 4.79 Å². The van der Waals surface area contributed by atoms with Crippen LogP contribution in [0.15, 0.2) is 0 Å². The molecule has 0 rings (SSSR count). The summed E-state index contributed by atoms with van der Waals surface area (Å²) in [5, 5.41) is 0. The molecule has 0 saturated heterocycles. The highest BCUT2D eigenvalue weighted by molar-refractivity contribution is 7.99. The molecule has 0 amide bonds. The topological polar surface area (TPSA) is 26.3 Å². The zero-order chi connectivity index (χ0) is 25.5. The van der Waals surface area contributed by atoms with Crippen LogP contribution in [0.3, 0.4) is 0 Å².